The number of rotatable bonds is 6. The molecule has 0 unspecified atom stereocenters. The summed E-state index contributed by atoms with van der Waals surface area (Å²) < 4.78 is 53.3. The molecule has 0 N–H and O–H groups in total. The largest absolute Gasteiger partial charge is 0.463 e. The van der Waals surface area contributed by atoms with Crippen LogP contribution < -0.4 is 4.74 Å². The molecule has 0 aliphatic rings. The van der Waals surface area contributed by atoms with Crippen molar-refractivity contribution in [3.63, 3.8) is 0 Å². The Morgan fingerprint density at radius 3 is 2.46 bits per heavy atom. The molecule has 0 heterocycles. The van der Waals surface area contributed by atoms with Crippen LogP contribution >= 0.6 is 11.6 Å². The second-order valence-corrected chi connectivity index (χ2v) is 5.98. The van der Waals surface area contributed by atoms with Crippen molar-refractivity contribution in [1.29, 1.82) is 0 Å². The maximum Gasteiger partial charge on any atom is 0.416 e. The summed E-state index contributed by atoms with van der Waals surface area (Å²) in [7, 11) is 0. The summed E-state index contributed by atoms with van der Waals surface area (Å²) >= 11 is 5.85. The predicted molar refractivity (Wildman–Crippen MR) is 94.5 cm³/mol. The molecule has 1 atom stereocenters. The molecule has 0 spiro atoms. The van der Waals surface area contributed by atoms with Gasteiger partial charge in [-0.1, -0.05) is 17.7 Å². The van der Waals surface area contributed by atoms with Crippen molar-refractivity contribution in [1.82, 2.24) is 0 Å². The quantitative estimate of drug-likeness (QED) is 0.601. The molecule has 0 amide bonds. The van der Waals surface area contributed by atoms with E-state index in [0.29, 0.717) is 0 Å². The van der Waals surface area contributed by atoms with Gasteiger partial charge in [0.2, 0.25) is 0 Å². The summed E-state index contributed by atoms with van der Waals surface area (Å²) in [5.41, 5.74) is -0.827. The number of halogens is 4. The Labute approximate surface area is 164 Å². The topological polar surface area (TPSA) is 61.8 Å². The van der Waals surface area contributed by atoms with Crippen molar-refractivity contribution in [3.8, 4) is 11.5 Å². The Balaban J connectivity index is 2.13. The van der Waals surface area contributed by atoms with Gasteiger partial charge in [0.25, 0.3) is 0 Å². The van der Waals surface area contributed by atoms with Gasteiger partial charge in [0.15, 0.2) is 6.10 Å². The van der Waals surface area contributed by atoms with E-state index in [2.05, 4.69) is 0 Å². The van der Waals surface area contributed by atoms with Gasteiger partial charge in [0, 0.05) is 0 Å². The van der Waals surface area contributed by atoms with Gasteiger partial charge >= 0.3 is 18.1 Å². The third-order valence-corrected chi connectivity index (χ3v) is 3.75. The molecule has 2 rings (SSSR count). The zero-order valence-electron chi connectivity index (χ0n) is 14.9. The fraction of sp³-hybridized carbons (Fsp3) is 0.263. The molecule has 2 aromatic rings. The van der Waals surface area contributed by atoms with Crippen LogP contribution in [0.5, 0.6) is 11.5 Å². The molecule has 0 saturated heterocycles. The maximum atomic E-state index is 12.7. The summed E-state index contributed by atoms with van der Waals surface area (Å²) in [5, 5.41) is -0.237. The lowest BCUT2D eigenvalue weighted by atomic mass is 10.2. The fourth-order valence-corrected chi connectivity index (χ4v) is 2.33. The number of ether oxygens (including phenoxy) is 3. The van der Waals surface area contributed by atoms with Crippen molar-refractivity contribution in [2.24, 2.45) is 0 Å². The summed E-state index contributed by atoms with van der Waals surface area (Å²) in [6, 6.07) is 8.38. The fourth-order valence-electron chi connectivity index (χ4n) is 2.11. The van der Waals surface area contributed by atoms with Crippen molar-refractivity contribution in [3.05, 3.63) is 58.6 Å². The summed E-state index contributed by atoms with van der Waals surface area (Å²) in [5.74, 6) is -1.33. The molecular weight excluding hydrogens is 401 g/mol. The highest BCUT2D eigenvalue weighted by molar-refractivity contribution is 6.32. The molecule has 0 bridgehead atoms. The molecule has 0 radical (unpaired) electrons. The number of hydrogen-bond donors (Lipinski definition) is 0. The lowest BCUT2D eigenvalue weighted by Gasteiger charge is -2.13. The van der Waals surface area contributed by atoms with Gasteiger partial charge in [-0.3, -0.25) is 0 Å². The molecule has 2 aromatic carbocycles. The van der Waals surface area contributed by atoms with Crippen LogP contribution in [0.2, 0.25) is 5.02 Å². The van der Waals surface area contributed by atoms with Gasteiger partial charge in [-0.2, -0.15) is 13.2 Å². The number of benzene rings is 2. The highest BCUT2D eigenvalue weighted by Crippen LogP contribution is 2.36. The molecule has 0 saturated carbocycles. The van der Waals surface area contributed by atoms with Crippen molar-refractivity contribution >= 4 is 23.5 Å². The van der Waals surface area contributed by atoms with Gasteiger partial charge in [0.1, 0.15) is 11.5 Å². The van der Waals surface area contributed by atoms with Crippen LogP contribution in [0.4, 0.5) is 13.2 Å². The minimum Gasteiger partial charge on any atom is -0.463 e. The van der Waals surface area contributed by atoms with E-state index in [0.717, 1.165) is 18.2 Å². The van der Waals surface area contributed by atoms with Crippen LogP contribution in [0, 0.1) is 0 Å². The van der Waals surface area contributed by atoms with Crippen LogP contribution in [0.3, 0.4) is 0 Å². The molecule has 5 nitrogen and oxygen atoms in total. The average molecular weight is 417 g/mol. The Morgan fingerprint density at radius 2 is 1.86 bits per heavy atom. The Bertz CT molecular complexity index is 867. The predicted octanol–water partition coefficient (Wildman–Crippen LogP) is 5.26. The molecule has 28 heavy (non-hydrogen) atoms. The first kappa shape index (κ1) is 21.6. The Hall–Kier alpha value is -2.74. The number of esters is 2. The molecular formula is C19H16ClF3O5. The third kappa shape index (κ3) is 5.63. The normalized spacial score (nSPS) is 12.2. The smallest absolute Gasteiger partial charge is 0.416 e. The number of alkyl halides is 3. The lowest BCUT2D eigenvalue weighted by molar-refractivity contribution is -0.152. The minimum atomic E-state index is -4.53. The number of carbonyl (C=O) groups is 2. The van der Waals surface area contributed by atoms with Crippen LogP contribution in [0.1, 0.15) is 29.8 Å². The van der Waals surface area contributed by atoms with E-state index >= 15 is 0 Å². The van der Waals surface area contributed by atoms with E-state index in [4.69, 9.17) is 25.8 Å². The molecule has 0 aliphatic carbocycles. The van der Waals surface area contributed by atoms with Crippen LogP contribution in [0.15, 0.2) is 42.5 Å². The molecule has 9 heteroatoms. The second kappa shape index (κ2) is 8.97. The Morgan fingerprint density at radius 1 is 1.14 bits per heavy atom. The van der Waals surface area contributed by atoms with E-state index in [1.165, 1.54) is 31.2 Å². The van der Waals surface area contributed by atoms with Gasteiger partial charge in [-0.25, -0.2) is 9.59 Å². The summed E-state index contributed by atoms with van der Waals surface area (Å²) in [4.78, 5) is 23.7. The lowest BCUT2D eigenvalue weighted by Crippen LogP contribution is -2.26. The first-order valence-electron chi connectivity index (χ1n) is 8.14. The first-order valence-corrected chi connectivity index (χ1v) is 8.52. The maximum absolute atomic E-state index is 12.7. The highest BCUT2D eigenvalue weighted by atomic mass is 35.5. The molecule has 150 valence electrons. The Kier molecular flexibility index (Phi) is 6.90. The second-order valence-electron chi connectivity index (χ2n) is 5.57. The van der Waals surface area contributed by atoms with Crippen LogP contribution in [-0.2, 0) is 20.4 Å². The third-order valence-electron chi connectivity index (χ3n) is 3.46. The first-order chi connectivity index (χ1) is 13.1. The van der Waals surface area contributed by atoms with E-state index in [-0.39, 0.29) is 28.7 Å². The van der Waals surface area contributed by atoms with E-state index in [1.807, 2.05) is 0 Å². The zero-order chi connectivity index (χ0) is 20.9. The van der Waals surface area contributed by atoms with Crippen molar-refractivity contribution in [2.45, 2.75) is 26.1 Å². The zero-order valence-corrected chi connectivity index (χ0v) is 15.6. The number of carbonyl (C=O) groups excluding carboxylic acids is 2. The summed E-state index contributed by atoms with van der Waals surface area (Å²) in [6.45, 7) is 3.15. The van der Waals surface area contributed by atoms with Gasteiger partial charge in [-0.15, -0.1) is 0 Å². The van der Waals surface area contributed by atoms with Crippen LogP contribution in [-0.4, -0.2) is 24.6 Å². The SMILES string of the molecule is CCOC(=O)[C@@H](C)OC(=O)c1cccc(Oc2ccc(C(F)(F)F)cc2Cl)c1. The van der Waals surface area contributed by atoms with E-state index in [1.54, 1.807) is 6.92 Å². The van der Waals surface area contributed by atoms with Crippen molar-refractivity contribution < 1.29 is 37.0 Å². The van der Waals surface area contributed by atoms with Crippen LogP contribution in [0.25, 0.3) is 0 Å². The van der Waals surface area contributed by atoms with Gasteiger partial charge < -0.3 is 14.2 Å². The monoisotopic (exact) mass is 416 g/mol. The standard InChI is InChI=1S/C19H16ClF3O5/c1-3-26-17(24)11(2)27-18(25)12-5-4-6-14(9-12)28-16-8-7-13(10-15(16)20)19(21,22)23/h4-11H,3H2,1-2H3/t11-/m1/s1. The van der Waals surface area contributed by atoms with Gasteiger partial charge in [0.05, 0.1) is 22.8 Å². The molecule has 0 fully saturated rings. The highest BCUT2D eigenvalue weighted by Gasteiger charge is 2.31. The van der Waals surface area contributed by atoms with E-state index in [9.17, 15) is 22.8 Å². The average Bonchev–Trinajstić information content (AvgIpc) is 2.63. The van der Waals surface area contributed by atoms with E-state index < -0.39 is 29.8 Å². The summed E-state index contributed by atoms with van der Waals surface area (Å²) in [6.07, 6.45) is -5.62. The van der Waals surface area contributed by atoms with Crippen molar-refractivity contribution in [2.75, 3.05) is 6.61 Å². The van der Waals surface area contributed by atoms with Gasteiger partial charge in [-0.05, 0) is 50.2 Å². The molecule has 0 aliphatic heterocycles. The number of hydrogen-bond acceptors (Lipinski definition) is 5. The molecule has 0 aromatic heterocycles. The minimum absolute atomic E-state index is 0.0138.